The van der Waals surface area contributed by atoms with Crippen molar-refractivity contribution < 1.29 is 4.74 Å². The van der Waals surface area contributed by atoms with E-state index in [9.17, 15) is 0 Å². The van der Waals surface area contributed by atoms with Gasteiger partial charge in [-0.25, -0.2) is 0 Å². The van der Waals surface area contributed by atoms with Crippen molar-refractivity contribution in [1.82, 2.24) is 0 Å². The van der Waals surface area contributed by atoms with E-state index in [4.69, 9.17) is 4.74 Å². The molecule has 0 aliphatic heterocycles. The second kappa shape index (κ2) is 16.6. The van der Waals surface area contributed by atoms with E-state index in [1.54, 1.807) is 0 Å². The second-order valence-corrected chi connectivity index (χ2v) is 5.37. The Morgan fingerprint density at radius 3 is 1.39 bits per heavy atom. The number of rotatable bonds is 12. The van der Waals surface area contributed by atoms with Crippen molar-refractivity contribution in [2.45, 2.75) is 79.1 Å². The molecule has 1 nitrogen and oxygen atoms in total. The Labute approximate surface area is 156 Å². The second-order valence-electron chi connectivity index (χ2n) is 5.37. The first kappa shape index (κ1) is 21.8. The van der Waals surface area contributed by atoms with Crippen molar-refractivity contribution >= 4 is 48.9 Å². The van der Waals surface area contributed by atoms with Gasteiger partial charge in [0, 0.05) is 62.1 Å². The third-order valence-electron chi connectivity index (χ3n) is 3.79. The number of ether oxygens (including phenoxy) is 1. The van der Waals surface area contributed by atoms with Gasteiger partial charge in [-0.1, -0.05) is 66.2 Å². The molecule has 2 heteroatoms. The molecule has 0 spiro atoms. The van der Waals surface area contributed by atoms with Crippen molar-refractivity contribution in [3.63, 3.8) is 0 Å². The average molecular weight is 380 g/mol. The van der Waals surface area contributed by atoms with Gasteiger partial charge < -0.3 is 4.74 Å². The maximum Gasteiger partial charge on any atom is 0.0494 e. The van der Waals surface area contributed by atoms with Crippen LogP contribution in [0.5, 0.6) is 0 Å². The van der Waals surface area contributed by atoms with E-state index in [1.165, 1.54) is 51.4 Å². The van der Waals surface area contributed by atoms with Crippen LogP contribution in [0.15, 0.2) is 0 Å². The van der Waals surface area contributed by atoms with Crippen LogP contribution in [0.25, 0.3) is 0 Å². The molecule has 0 N–H and O–H groups in total. The molecular weight excluding hydrogens is 346 g/mol. The van der Waals surface area contributed by atoms with Gasteiger partial charge in [0.2, 0.25) is 0 Å². The molecule has 2 atom stereocenters. The SMILES string of the molecule is CCCCC(CC)COCC(CC)CCCC.[Ba]. The summed E-state index contributed by atoms with van der Waals surface area (Å²) in [5, 5.41) is 0. The smallest absolute Gasteiger partial charge is 0.0494 e. The van der Waals surface area contributed by atoms with Crippen LogP contribution in [-0.4, -0.2) is 62.1 Å². The average Bonchev–Trinajstić information content (AvgIpc) is 2.37. The monoisotopic (exact) mass is 380 g/mol. The Hall–Kier alpha value is 1.53. The maximum absolute atomic E-state index is 5.93. The van der Waals surface area contributed by atoms with Crippen LogP contribution in [0.4, 0.5) is 0 Å². The van der Waals surface area contributed by atoms with Crippen molar-refractivity contribution in [3.8, 4) is 0 Å². The molecule has 0 aliphatic carbocycles. The Morgan fingerprint density at radius 1 is 0.722 bits per heavy atom. The molecule has 0 saturated carbocycles. The van der Waals surface area contributed by atoms with Gasteiger partial charge in [0.05, 0.1) is 0 Å². The van der Waals surface area contributed by atoms with Gasteiger partial charge in [-0.15, -0.1) is 0 Å². The molecule has 0 rings (SSSR count). The van der Waals surface area contributed by atoms with Crippen molar-refractivity contribution in [1.29, 1.82) is 0 Å². The van der Waals surface area contributed by atoms with Gasteiger partial charge in [0.25, 0.3) is 0 Å². The summed E-state index contributed by atoms with van der Waals surface area (Å²) >= 11 is 0. The summed E-state index contributed by atoms with van der Waals surface area (Å²) in [6.07, 6.45) is 10.6. The predicted molar refractivity (Wildman–Crippen MR) is 83.2 cm³/mol. The normalized spacial score (nSPS) is 14.0. The van der Waals surface area contributed by atoms with Gasteiger partial charge >= 0.3 is 0 Å². The van der Waals surface area contributed by atoms with Crippen LogP contribution in [-0.2, 0) is 4.74 Å². The van der Waals surface area contributed by atoms with E-state index in [0.29, 0.717) is 0 Å². The Balaban J connectivity index is 0. The van der Waals surface area contributed by atoms with E-state index in [2.05, 4.69) is 27.7 Å². The van der Waals surface area contributed by atoms with Gasteiger partial charge in [-0.2, -0.15) is 0 Å². The molecule has 0 heterocycles. The Bertz CT molecular complexity index is 134. The van der Waals surface area contributed by atoms with Crippen molar-refractivity contribution in [2.75, 3.05) is 13.2 Å². The molecule has 0 aromatic rings. The molecular formula is C16H34BaO. The van der Waals surface area contributed by atoms with Crippen LogP contribution < -0.4 is 0 Å². The molecule has 0 amide bonds. The summed E-state index contributed by atoms with van der Waals surface area (Å²) in [5.74, 6) is 1.58. The van der Waals surface area contributed by atoms with Crippen LogP contribution in [0.1, 0.15) is 79.1 Å². The molecule has 0 saturated heterocycles. The zero-order chi connectivity index (χ0) is 12.9. The first-order valence-corrected chi connectivity index (χ1v) is 7.86. The fraction of sp³-hybridized carbons (Fsp3) is 1.00. The van der Waals surface area contributed by atoms with E-state index in [-0.39, 0.29) is 48.9 Å². The van der Waals surface area contributed by atoms with Crippen molar-refractivity contribution in [2.24, 2.45) is 11.8 Å². The zero-order valence-corrected chi connectivity index (χ0v) is 17.8. The summed E-state index contributed by atoms with van der Waals surface area (Å²) in [6.45, 7) is 11.1. The van der Waals surface area contributed by atoms with Crippen LogP contribution >= 0.6 is 0 Å². The zero-order valence-electron chi connectivity index (χ0n) is 13.3. The molecule has 0 aromatic carbocycles. The van der Waals surface area contributed by atoms with E-state index in [0.717, 1.165) is 25.0 Å². The topological polar surface area (TPSA) is 9.23 Å². The summed E-state index contributed by atoms with van der Waals surface area (Å²) in [5.41, 5.74) is 0. The third-order valence-corrected chi connectivity index (χ3v) is 3.79. The molecule has 18 heavy (non-hydrogen) atoms. The first-order chi connectivity index (χ1) is 8.28. The number of hydrogen-bond acceptors (Lipinski definition) is 1. The standard InChI is InChI=1S/C16H34O.Ba/c1-5-9-11-15(7-3)13-17-14-16(8-4)12-10-6-2;/h15-16H,5-14H2,1-4H3;. The molecule has 0 bridgehead atoms. The van der Waals surface area contributed by atoms with Gasteiger partial charge in [-0.3, -0.25) is 0 Å². The molecule has 0 fully saturated rings. The quantitative estimate of drug-likeness (QED) is 0.431. The van der Waals surface area contributed by atoms with E-state index in [1.807, 2.05) is 0 Å². The molecule has 106 valence electrons. The predicted octanol–water partition coefficient (Wildman–Crippen LogP) is 5.06. The minimum Gasteiger partial charge on any atom is -0.381 e. The molecule has 0 aromatic heterocycles. The Kier molecular flexibility index (Phi) is 20.1. The summed E-state index contributed by atoms with van der Waals surface area (Å²) < 4.78 is 5.93. The summed E-state index contributed by atoms with van der Waals surface area (Å²) in [4.78, 5) is 0. The first-order valence-electron chi connectivity index (χ1n) is 7.86. The molecule has 2 unspecified atom stereocenters. The van der Waals surface area contributed by atoms with Crippen LogP contribution in [0.3, 0.4) is 0 Å². The maximum atomic E-state index is 5.93. The molecule has 2 radical (unpaired) electrons. The van der Waals surface area contributed by atoms with Crippen molar-refractivity contribution in [3.05, 3.63) is 0 Å². The van der Waals surface area contributed by atoms with Crippen LogP contribution in [0, 0.1) is 11.8 Å². The number of unbranched alkanes of at least 4 members (excludes halogenated alkanes) is 2. The minimum atomic E-state index is 0. The van der Waals surface area contributed by atoms with E-state index >= 15 is 0 Å². The number of hydrogen-bond donors (Lipinski definition) is 0. The fourth-order valence-electron chi connectivity index (χ4n) is 2.20. The van der Waals surface area contributed by atoms with E-state index < -0.39 is 0 Å². The largest absolute Gasteiger partial charge is 0.381 e. The van der Waals surface area contributed by atoms with Gasteiger partial charge in [0.1, 0.15) is 0 Å². The minimum absolute atomic E-state index is 0. The summed E-state index contributed by atoms with van der Waals surface area (Å²) in [7, 11) is 0. The third kappa shape index (κ3) is 12.6. The van der Waals surface area contributed by atoms with Crippen LogP contribution in [0.2, 0.25) is 0 Å². The van der Waals surface area contributed by atoms with Gasteiger partial charge in [0.15, 0.2) is 0 Å². The van der Waals surface area contributed by atoms with Gasteiger partial charge in [-0.05, 0) is 24.7 Å². The fourth-order valence-corrected chi connectivity index (χ4v) is 2.20. The Morgan fingerprint density at radius 2 is 1.11 bits per heavy atom. The summed E-state index contributed by atoms with van der Waals surface area (Å²) in [6, 6.07) is 0. The molecule has 0 aliphatic rings.